The van der Waals surface area contributed by atoms with Gasteiger partial charge in [-0.15, -0.1) is 0 Å². The molecule has 0 bridgehead atoms. The summed E-state index contributed by atoms with van der Waals surface area (Å²) in [6.45, 7) is 0. The second kappa shape index (κ2) is 6.84. The molecule has 0 aromatic carbocycles. The summed E-state index contributed by atoms with van der Waals surface area (Å²) in [5, 5.41) is 19.6. The predicted molar refractivity (Wildman–Crippen MR) is 33.0 cm³/mol. The first-order valence-electron chi connectivity index (χ1n) is 2.70. The number of rotatable bonds is 4. The van der Waals surface area contributed by atoms with Gasteiger partial charge in [-0.05, 0) is 12.8 Å². The van der Waals surface area contributed by atoms with Crippen LogP contribution in [0.3, 0.4) is 0 Å². The smallest absolute Gasteiger partial charge is 0.0582 e. The van der Waals surface area contributed by atoms with Gasteiger partial charge in [0.2, 0.25) is 0 Å². The first-order chi connectivity index (χ1) is 4.54. The Hall–Kier alpha value is 0.160. The van der Waals surface area contributed by atoms with Crippen molar-refractivity contribution in [3.63, 3.8) is 0 Å². The van der Waals surface area contributed by atoms with Gasteiger partial charge in [0, 0.05) is 49.7 Å². The molecule has 0 aliphatic rings. The van der Waals surface area contributed by atoms with Crippen LogP contribution in [0.25, 0.3) is 0 Å². The fraction of sp³-hybridized carbons (Fsp3) is 0.600. The summed E-state index contributed by atoms with van der Waals surface area (Å²) in [6, 6.07) is -1.21. The van der Waals surface area contributed by atoms with E-state index in [-0.39, 0.29) is 50.6 Å². The number of hydrogen-bond donors (Lipinski definition) is 1. The minimum Gasteiger partial charge on any atom is -0.550 e. The van der Waals surface area contributed by atoms with Gasteiger partial charge >= 0.3 is 0 Å². The van der Waals surface area contributed by atoms with Crippen LogP contribution >= 0.6 is 0 Å². The monoisotopic (exact) mass is 185 g/mol. The quantitative estimate of drug-likeness (QED) is 0.452. The molecular weight excluding hydrogens is 178 g/mol. The maximum Gasteiger partial charge on any atom is 0.0582 e. The van der Waals surface area contributed by atoms with Gasteiger partial charge in [-0.1, -0.05) is 0 Å². The van der Waals surface area contributed by atoms with E-state index in [0.29, 0.717) is 0 Å². The number of carbonyl (C=O) groups excluding carboxylic acids is 2. The number of nitrogens with two attached hydrogens (primary N) is 1. The summed E-state index contributed by atoms with van der Waals surface area (Å²) in [5.74, 6) is -2.75. The summed E-state index contributed by atoms with van der Waals surface area (Å²) >= 11 is 0. The van der Waals surface area contributed by atoms with Crippen molar-refractivity contribution < 1.29 is 19.8 Å². The number of carbonyl (C=O) groups is 2. The Morgan fingerprint density at radius 2 is 1.82 bits per heavy atom. The Morgan fingerprint density at radius 3 is 2.09 bits per heavy atom. The third kappa shape index (κ3) is 8.06. The van der Waals surface area contributed by atoms with Gasteiger partial charge in [0.15, 0.2) is 0 Å². The molecule has 0 heterocycles. The molecule has 1 atom stereocenters. The minimum atomic E-state index is -1.44. The minimum absolute atomic E-state index is 0. The molecule has 60 valence electrons. The van der Waals surface area contributed by atoms with E-state index < -0.39 is 18.0 Å². The van der Waals surface area contributed by atoms with Gasteiger partial charge in [-0.3, -0.25) is 0 Å². The van der Waals surface area contributed by atoms with Crippen LogP contribution in [0.5, 0.6) is 0 Å². The van der Waals surface area contributed by atoms with Crippen LogP contribution in [0, 0.1) is 0 Å². The normalized spacial score (nSPS) is 11.4. The fourth-order valence-corrected chi connectivity index (χ4v) is 0.391. The van der Waals surface area contributed by atoms with Crippen LogP contribution in [0.4, 0.5) is 0 Å². The van der Waals surface area contributed by atoms with Crippen LogP contribution in [0.15, 0.2) is 0 Å². The molecule has 5 nitrogen and oxygen atoms in total. The summed E-state index contributed by atoms with van der Waals surface area (Å²) in [7, 11) is 0. The molecule has 0 saturated carbocycles. The van der Waals surface area contributed by atoms with E-state index in [1.165, 1.54) is 0 Å². The third-order valence-corrected chi connectivity index (χ3v) is 0.962. The maximum atomic E-state index is 9.86. The van der Waals surface area contributed by atoms with Gasteiger partial charge in [0.05, 0.1) is 5.97 Å². The number of carboxylic acids is 2. The number of aliphatic carboxylic acids is 2. The van der Waals surface area contributed by atoms with Gasteiger partial charge in [-0.25, -0.2) is 0 Å². The first kappa shape index (κ1) is 13.7. The topological polar surface area (TPSA) is 106 Å². The van der Waals surface area contributed by atoms with Gasteiger partial charge in [0.1, 0.15) is 0 Å². The van der Waals surface area contributed by atoms with Crippen LogP contribution in [0.1, 0.15) is 12.8 Å². The zero-order chi connectivity index (χ0) is 8.15. The molecule has 0 aromatic rings. The van der Waals surface area contributed by atoms with E-state index in [1.54, 1.807) is 0 Å². The van der Waals surface area contributed by atoms with Crippen molar-refractivity contribution in [2.75, 3.05) is 0 Å². The van der Waals surface area contributed by atoms with Crippen molar-refractivity contribution in [3.05, 3.63) is 0 Å². The van der Waals surface area contributed by atoms with Gasteiger partial charge < -0.3 is 25.5 Å². The molecule has 2 N–H and O–H groups in total. The van der Waals surface area contributed by atoms with Crippen molar-refractivity contribution in [3.8, 4) is 0 Å². The molecule has 6 heteroatoms. The van der Waals surface area contributed by atoms with Crippen molar-refractivity contribution in [1.82, 2.24) is 0 Å². The third-order valence-electron chi connectivity index (χ3n) is 0.962. The molecule has 2 radical (unpaired) electrons. The van der Waals surface area contributed by atoms with Crippen LogP contribution in [0.2, 0.25) is 0 Å². The van der Waals surface area contributed by atoms with Crippen LogP contribution in [-0.2, 0) is 9.59 Å². The average Bonchev–Trinajstić information content (AvgIpc) is 1.82. The van der Waals surface area contributed by atoms with Gasteiger partial charge in [-0.2, -0.15) is 0 Å². The molecule has 0 aliphatic heterocycles. The SMILES string of the molecule is N[C@@H](CCC(=O)[O-])C(=O)[O-].[Ca]. The van der Waals surface area contributed by atoms with E-state index >= 15 is 0 Å². The maximum absolute atomic E-state index is 9.86. The molecule has 0 rings (SSSR count). The first-order valence-corrected chi connectivity index (χ1v) is 2.70. The van der Waals surface area contributed by atoms with E-state index in [2.05, 4.69) is 0 Å². The summed E-state index contributed by atoms with van der Waals surface area (Å²) in [4.78, 5) is 19.6. The van der Waals surface area contributed by atoms with Crippen molar-refractivity contribution in [2.24, 2.45) is 5.73 Å². The second-order valence-corrected chi connectivity index (χ2v) is 1.84. The summed E-state index contributed by atoms with van der Waals surface area (Å²) < 4.78 is 0. The zero-order valence-corrected chi connectivity index (χ0v) is 8.12. The van der Waals surface area contributed by atoms with E-state index in [9.17, 15) is 19.8 Å². The molecule has 0 aromatic heterocycles. The molecule has 0 spiro atoms. The van der Waals surface area contributed by atoms with Crippen LogP contribution < -0.4 is 15.9 Å². The standard InChI is InChI=1S/C5H9NO4.Ca/c6-3(5(9)10)1-2-4(7)8;/h3H,1-2,6H2,(H,7,8)(H,9,10);/p-2/t3-;/m0./s1. The fourth-order valence-electron chi connectivity index (χ4n) is 0.391. The van der Waals surface area contributed by atoms with E-state index in [0.717, 1.165) is 0 Å². The predicted octanol–water partition coefficient (Wildman–Crippen LogP) is -3.79. The molecule has 0 amide bonds. The van der Waals surface area contributed by atoms with Gasteiger partial charge in [0.25, 0.3) is 0 Å². The molecular formula is C5H7CaNO4-2. The Kier molecular flexibility index (Phi) is 8.54. The zero-order valence-electron chi connectivity index (χ0n) is 5.91. The van der Waals surface area contributed by atoms with E-state index in [1.807, 2.05) is 0 Å². The van der Waals surface area contributed by atoms with Crippen molar-refractivity contribution >= 4 is 49.7 Å². The largest absolute Gasteiger partial charge is 0.550 e. The molecule has 0 fully saturated rings. The summed E-state index contributed by atoms with van der Waals surface area (Å²) in [5.41, 5.74) is 4.91. The van der Waals surface area contributed by atoms with Crippen molar-refractivity contribution in [1.29, 1.82) is 0 Å². The molecule has 0 unspecified atom stereocenters. The van der Waals surface area contributed by atoms with E-state index in [4.69, 9.17) is 5.73 Å². The molecule has 0 aliphatic carbocycles. The second-order valence-electron chi connectivity index (χ2n) is 1.84. The Bertz CT molecular complexity index is 149. The number of hydrogen-bond acceptors (Lipinski definition) is 5. The van der Waals surface area contributed by atoms with Crippen LogP contribution in [-0.4, -0.2) is 55.7 Å². The molecule has 11 heavy (non-hydrogen) atoms. The Morgan fingerprint density at radius 1 is 1.36 bits per heavy atom. The Balaban J connectivity index is 0. The summed E-state index contributed by atoms with van der Waals surface area (Å²) in [6.07, 6.45) is -0.500. The van der Waals surface area contributed by atoms with Crippen molar-refractivity contribution in [2.45, 2.75) is 18.9 Å². The number of carboxylic acid groups (broad SMARTS) is 2. The molecule has 0 saturated heterocycles. The average molecular weight is 185 g/mol. The Labute approximate surface area is 93.6 Å².